The summed E-state index contributed by atoms with van der Waals surface area (Å²) in [7, 11) is 0. The molecule has 22 heavy (non-hydrogen) atoms. The first-order valence-electron chi connectivity index (χ1n) is 7.00. The molecule has 2 aromatic carbocycles. The third-order valence-electron chi connectivity index (χ3n) is 3.70. The quantitative estimate of drug-likeness (QED) is 0.878. The molecule has 5 heteroatoms. The zero-order valence-corrected chi connectivity index (χ0v) is 12.0. The van der Waals surface area contributed by atoms with Crippen LogP contribution in [0.25, 0.3) is 0 Å². The van der Waals surface area contributed by atoms with Crippen LogP contribution in [0, 0.1) is 5.82 Å². The van der Waals surface area contributed by atoms with Crippen molar-refractivity contribution in [1.82, 2.24) is 0 Å². The van der Waals surface area contributed by atoms with Crippen molar-refractivity contribution in [2.45, 2.75) is 19.4 Å². The van der Waals surface area contributed by atoms with Crippen LogP contribution in [-0.4, -0.2) is 11.8 Å². The molecule has 1 aliphatic rings. The van der Waals surface area contributed by atoms with Crippen LogP contribution in [0.15, 0.2) is 48.5 Å². The number of amides is 2. The van der Waals surface area contributed by atoms with Gasteiger partial charge in [-0.2, -0.15) is 0 Å². The first-order valence-corrected chi connectivity index (χ1v) is 7.00. The molecule has 0 saturated carbocycles. The molecule has 0 aromatic heterocycles. The van der Waals surface area contributed by atoms with Gasteiger partial charge in [0, 0.05) is 6.92 Å². The van der Waals surface area contributed by atoms with Crippen LogP contribution in [-0.2, 0) is 9.59 Å². The number of hydrogen-bond acceptors (Lipinski definition) is 2. The molecule has 1 heterocycles. The van der Waals surface area contributed by atoms with Crippen molar-refractivity contribution in [1.29, 1.82) is 0 Å². The minimum absolute atomic E-state index is 0.0811. The fourth-order valence-corrected chi connectivity index (χ4v) is 2.80. The highest BCUT2D eigenvalue weighted by molar-refractivity contribution is 6.03. The van der Waals surface area contributed by atoms with Crippen molar-refractivity contribution in [2.75, 3.05) is 10.2 Å². The summed E-state index contributed by atoms with van der Waals surface area (Å²) in [6, 6.07) is 12.6. The van der Waals surface area contributed by atoms with Gasteiger partial charge in [-0.05, 0) is 29.8 Å². The molecule has 0 spiro atoms. The minimum atomic E-state index is -0.531. The van der Waals surface area contributed by atoms with Crippen molar-refractivity contribution in [3.63, 3.8) is 0 Å². The second kappa shape index (κ2) is 5.60. The van der Waals surface area contributed by atoms with E-state index in [1.165, 1.54) is 19.1 Å². The zero-order valence-electron chi connectivity index (χ0n) is 12.0. The fourth-order valence-electron chi connectivity index (χ4n) is 2.80. The van der Waals surface area contributed by atoms with Gasteiger partial charge in [-0.25, -0.2) is 4.39 Å². The number of rotatable bonds is 1. The van der Waals surface area contributed by atoms with Crippen molar-refractivity contribution in [3.8, 4) is 0 Å². The molecule has 0 fully saturated rings. The molecular weight excluding hydrogens is 283 g/mol. The number of halogens is 1. The lowest BCUT2D eigenvalue weighted by molar-refractivity contribution is -0.118. The minimum Gasteiger partial charge on any atom is -0.324 e. The van der Waals surface area contributed by atoms with Crippen LogP contribution in [0.5, 0.6) is 0 Å². The molecule has 3 rings (SSSR count). The maximum atomic E-state index is 13.5. The second-order valence-corrected chi connectivity index (χ2v) is 5.23. The number of benzene rings is 2. The SMILES string of the molecule is CC(=O)N1c2ccccc2NC(=O)C[C@H]1c1cccc(F)c1. The molecule has 0 aliphatic carbocycles. The first kappa shape index (κ1) is 14.3. The molecule has 112 valence electrons. The normalized spacial score (nSPS) is 17.5. The van der Waals surface area contributed by atoms with E-state index in [0.29, 0.717) is 16.9 Å². The van der Waals surface area contributed by atoms with Crippen LogP contribution < -0.4 is 10.2 Å². The lowest BCUT2D eigenvalue weighted by Crippen LogP contribution is -2.33. The lowest BCUT2D eigenvalue weighted by Gasteiger charge is -2.29. The highest BCUT2D eigenvalue weighted by atomic mass is 19.1. The van der Waals surface area contributed by atoms with Gasteiger partial charge in [0.25, 0.3) is 0 Å². The number of carbonyl (C=O) groups is 2. The third-order valence-corrected chi connectivity index (χ3v) is 3.70. The number of hydrogen-bond donors (Lipinski definition) is 1. The second-order valence-electron chi connectivity index (χ2n) is 5.23. The predicted molar refractivity (Wildman–Crippen MR) is 82.0 cm³/mol. The van der Waals surface area contributed by atoms with Gasteiger partial charge in [-0.3, -0.25) is 9.59 Å². The molecule has 1 N–H and O–H groups in total. The fraction of sp³-hybridized carbons (Fsp3) is 0.176. The average Bonchev–Trinajstić information content (AvgIpc) is 2.62. The van der Waals surface area contributed by atoms with E-state index in [-0.39, 0.29) is 24.1 Å². The van der Waals surface area contributed by atoms with Crippen LogP contribution in [0.4, 0.5) is 15.8 Å². The van der Waals surface area contributed by atoms with Crippen LogP contribution in [0.2, 0.25) is 0 Å². The maximum absolute atomic E-state index is 13.5. The van der Waals surface area contributed by atoms with Crippen molar-refractivity contribution >= 4 is 23.2 Å². The molecule has 2 amide bonds. The largest absolute Gasteiger partial charge is 0.324 e. The molecule has 4 nitrogen and oxygen atoms in total. The Hall–Kier alpha value is -2.69. The number of nitrogens with zero attached hydrogens (tertiary/aromatic N) is 1. The molecule has 0 bridgehead atoms. The van der Waals surface area contributed by atoms with Crippen molar-refractivity contribution in [2.24, 2.45) is 0 Å². The predicted octanol–water partition coefficient (Wildman–Crippen LogP) is 3.26. The Morgan fingerprint density at radius 1 is 1.23 bits per heavy atom. The van der Waals surface area contributed by atoms with E-state index in [1.807, 2.05) is 0 Å². The summed E-state index contributed by atoms with van der Waals surface area (Å²) in [6.07, 6.45) is 0.0811. The van der Waals surface area contributed by atoms with Crippen LogP contribution in [0.3, 0.4) is 0 Å². The molecular formula is C17H15FN2O2. The van der Waals surface area contributed by atoms with Crippen molar-refractivity contribution < 1.29 is 14.0 Å². The van der Waals surface area contributed by atoms with Crippen LogP contribution in [0.1, 0.15) is 24.9 Å². The topological polar surface area (TPSA) is 49.4 Å². The molecule has 2 aromatic rings. The Labute approximate surface area is 127 Å². The van der Waals surface area contributed by atoms with E-state index in [0.717, 1.165) is 0 Å². The molecule has 0 unspecified atom stereocenters. The number of anilines is 2. The Morgan fingerprint density at radius 2 is 2.00 bits per heavy atom. The summed E-state index contributed by atoms with van der Waals surface area (Å²) in [5.74, 6) is -0.789. The van der Waals surface area contributed by atoms with E-state index in [4.69, 9.17) is 0 Å². The average molecular weight is 298 g/mol. The monoisotopic (exact) mass is 298 g/mol. The summed E-state index contributed by atoms with van der Waals surface area (Å²) >= 11 is 0. The lowest BCUT2D eigenvalue weighted by atomic mass is 10.0. The molecule has 0 radical (unpaired) electrons. The van der Waals surface area contributed by atoms with Crippen molar-refractivity contribution in [3.05, 3.63) is 59.9 Å². The summed E-state index contributed by atoms with van der Waals surface area (Å²) in [5, 5.41) is 2.80. The molecule has 0 saturated heterocycles. The smallest absolute Gasteiger partial charge is 0.226 e. The van der Waals surface area contributed by atoms with Gasteiger partial charge in [-0.15, -0.1) is 0 Å². The van der Waals surface area contributed by atoms with Gasteiger partial charge in [0.05, 0.1) is 23.8 Å². The Morgan fingerprint density at radius 3 is 2.73 bits per heavy atom. The van der Waals surface area contributed by atoms with Gasteiger partial charge >= 0.3 is 0 Å². The van der Waals surface area contributed by atoms with E-state index >= 15 is 0 Å². The van der Waals surface area contributed by atoms with E-state index < -0.39 is 6.04 Å². The number of fused-ring (bicyclic) bond motifs is 1. The Bertz CT molecular complexity index is 745. The molecule has 1 aliphatic heterocycles. The number of carbonyl (C=O) groups excluding carboxylic acids is 2. The zero-order chi connectivity index (χ0) is 15.7. The summed E-state index contributed by atoms with van der Waals surface area (Å²) in [4.78, 5) is 25.9. The maximum Gasteiger partial charge on any atom is 0.226 e. The van der Waals surface area contributed by atoms with E-state index in [2.05, 4.69) is 5.32 Å². The van der Waals surface area contributed by atoms with E-state index in [9.17, 15) is 14.0 Å². The van der Waals surface area contributed by atoms with Gasteiger partial charge in [0.2, 0.25) is 11.8 Å². The van der Waals surface area contributed by atoms with Gasteiger partial charge < -0.3 is 10.2 Å². The highest BCUT2D eigenvalue weighted by Crippen LogP contribution is 2.37. The highest BCUT2D eigenvalue weighted by Gasteiger charge is 2.31. The van der Waals surface area contributed by atoms with E-state index in [1.54, 1.807) is 41.3 Å². The summed E-state index contributed by atoms with van der Waals surface area (Å²) < 4.78 is 13.5. The van der Waals surface area contributed by atoms with Crippen LogP contribution >= 0.6 is 0 Å². The first-order chi connectivity index (χ1) is 10.6. The Kier molecular flexibility index (Phi) is 3.63. The summed E-state index contributed by atoms with van der Waals surface area (Å²) in [6.45, 7) is 1.44. The summed E-state index contributed by atoms with van der Waals surface area (Å²) in [5.41, 5.74) is 1.80. The standard InChI is InChI=1S/C17H15FN2O2/c1-11(21)20-15-8-3-2-7-14(15)19-17(22)10-16(20)12-5-4-6-13(18)9-12/h2-9,16H,10H2,1H3,(H,19,22)/t16-/m0/s1. The number of para-hydroxylation sites is 2. The molecule has 1 atom stereocenters. The third kappa shape index (κ3) is 2.57. The Balaban J connectivity index is 2.16. The van der Waals surface area contributed by atoms with Gasteiger partial charge in [0.1, 0.15) is 5.82 Å². The van der Waals surface area contributed by atoms with Gasteiger partial charge in [0.15, 0.2) is 0 Å². The number of nitrogens with one attached hydrogen (secondary N) is 1. The van der Waals surface area contributed by atoms with Gasteiger partial charge in [-0.1, -0.05) is 24.3 Å².